The molecule has 2 aromatic rings. The van der Waals surface area contributed by atoms with Gasteiger partial charge in [0, 0.05) is 18.0 Å². The summed E-state index contributed by atoms with van der Waals surface area (Å²) in [5.74, 6) is 1.80. The van der Waals surface area contributed by atoms with Crippen LogP contribution in [0.2, 0.25) is 0 Å². The number of hydrogen-bond acceptors (Lipinski definition) is 4. The van der Waals surface area contributed by atoms with Crippen molar-refractivity contribution in [2.45, 2.75) is 39.7 Å². The molecule has 1 saturated heterocycles. The number of nitrogens with zero attached hydrogens (tertiary/aromatic N) is 2. The van der Waals surface area contributed by atoms with Gasteiger partial charge in [0.1, 0.15) is 17.4 Å². The van der Waals surface area contributed by atoms with Gasteiger partial charge in [-0.15, -0.1) is 11.3 Å². The van der Waals surface area contributed by atoms with Crippen molar-refractivity contribution in [3.8, 4) is 5.75 Å². The first-order valence-corrected chi connectivity index (χ1v) is 9.34. The van der Waals surface area contributed by atoms with Crippen LogP contribution in [0.5, 0.6) is 5.75 Å². The summed E-state index contributed by atoms with van der Waals surface area (Å²) in [5.41, 5.74) is 0.949. The van der Waals surface area contributed by atoms with E-state index in [0.29, 0.717) is 13.0 Å². The summed E-state index contributed by atoms with van der Waals surface area (Å²) in [7, 11) is 0. The molecule has 5 heteroatoms. The van der Waals surface area contributed by atoms with E-state index in [1.807, 2.05) is 42.2 Å². The molecule has 24 heavy (non-hydrogen) atoms. The number of likely N-dealkylation sites (tertiary alicyclic amines) is 1. The summed E-state index contributed by atoms with van der Waals surface area (Å²) in [6.45, 7) is 6.46. The molecule has 1 aliphatic rings. The lowest BCUT2D eigenvalue weighted by Crippen LogP contribution is -2.38. The summed E-state index contributed by atoms with van der Waals surface area (Å²) in [4.78, 5) is 20.1. The summed E-state index contributed by atoms with van der Waals surface area (Å²) >= 11 is 1.59. The zero-order chi connectivity index (χ0) is 16.9. The van der Waals surface area contributed by atoms with E-state index in [1.165, 1.54) is 0 Å². The van der Waals surface area contributed by atoms with Crippen LogP contribution < -0.4 is 4.74 Å². The molecule has 1 amide bonds. The fraction of sp³-hybridized carbons (Fsp3) is 0.474. The number of aryl methyl sites for hydroxylation is 1. The third-order valence-corrected chi connectivity index (χ3v) is 5.62. The van der Waals surface area contributed by atoms with Crippen molar-refractivity contribution in [3.05, 3.63) is 45.9 Å². The van der Waals surface area contributed by atoms with Crippen molar-refractivity contribution in [2.75, 3.05) is 13.1 Å². The van der Waals surface area contributed by atoms with Crippen LogP contribution in [0.25, 0.3) is 0 Å². The van der Waals surface area contributed by atoms with E-state index in [2.05, 4.69) is 11.9 Å². The van der Waals surface area contributed by atoms with Crippen molar-refractivity contribution < 1.29 is 9.53 Å². The topological polar surface area (TPSA) is 42.4 Å². The van der Waals surface area contributed by atoms with E-state index in [0.717, 1.165) is 53.2 Å². The highest BCUT2D eigenvalue weighted by molar-refractivity contribution is 7.11. The fourth-order valence-corrected chi connectivity index (χ4v) is 3.86. The molecule has 128 valence electrons. The molecule has 2 heterocycles. The van der Waals surface area contributed by atoms with Crippen LogP contribution in [0.1, 0.15) is 35.3 Å². The molecule has 0 spiro atoms. The van der Waals surface area contributed by atoms with Gasteiger partial charge in [-0.2, -0.15) is 0 Å². The fourth-order valence-electron chi connectivity index (χ4n) is 2.88. The third kappa shape index (κ3) is 4.35. The van der Waals surface area contributed by atoms with Gasteiger partial charge in [0.15, 0.2) is 0 Å². The molecule has 0 unspecified atom stereocenters. The summed E-state index contributed by atoms with van der Waals surface area (Å²) in [5, 5.41) is 0.923. The molecule has 0 saturated carbocycles. The van der Waals surface area contributed by atoms with Crippen molar-refractivity contribution in [1.82, 2.24) is 9.88 Å². The number of thiazole rings is 1. The molecule has 4 nitrogen and oxygen atoms in total. The zero-order valence-electron chi connectivity index (χ0n) is 14.3. The number of carbonyl (C=O) groups is 1. The quantitative estimate of drug-likeness (QED) is 0.828. The van der Waals surface area contributed by atoms with Gasteiger partial charge in [-0.05, 0) is 37.8 Å². The SMILES string of the molecule is Cc1nc(COc2ccccc2)sc1CC(=O)N1CCC(C)CC1. The van der Waals surface area contributed by atoms with Crippen LogP contribution in [0.3, 0.4) is 0 Å². The minimum absolute atomic E-state index is 0.226. The van der Waals surface area contributed by atoms with E-state index < -0.39 is 0 Å². The van der Waals surface area contributed by atoms with Gasteiger partial charge in [0.05, 0.1) is 12.1 Å². The maximum absolute atomic E-state index is 12.5. The summed E-state index contributed by atoms with van der Waals surface area (Å²) < 4.78 is 5.75. The van der Waals surface area contributed by atoms with Gasteiger partial charge < -0.3 is 9.64 Å². The number of hydrogen-bond donors (Lipinski definition) is 0. The third-order valence-electron chi connectivity index (χ3n) is 4.49. The van der Waals surface area contributed by atoms with Crippen LogP contribution in [0, 0.1) is 12.8 Å². The van der Waals surface area contributed by atoms with Crippen LogP contribution in [-0.4, -0.2) is 28.9 Å². The van der Waals surface area contributed by atoms with Crippen LogP contribution in [-0.2, 0) is 17.8 Å². The Bertz CT molecular complexity index is 676. The summed E-state index contributed by atoms with van der Waals surface area (Å²) in [6.07, 6.45) is 2.69. The number of benzene rings is 1. The Morgan fingerprint density at radius 1 is 1.29 bits per heavy atom. The standard InChI is InChI=1S/C19H24N2O2S/c1-14-8-10-21(11-9-14)19(22)12-17-15(2)20-18(24-17)13-23-16-6-4-3-5-7-16/h3-7,14H,8-13H2,1-2H3. The van der Waals surface area contributed by atoms with Gasteiger partial charge >= 0.3 is 0 Å². The first kappa shape index (κ1) is 17.0. The second kappa shape index (κ2) is 7.79. The van der Waals surface area contributed by atoms with Gasteiger partial charge in [-0.25, -0.2) is 4.98 Å². The highest BCUT2D eigenvalue weighted by Gasteiger charge is 2.22. The van der Waals surface area contributed by atoms with E-state index >= 15 is 0 Å². The van der Waals surface area contributed by atoms with E-state index in [4.69, 9.17) is 4.74 Å². The lowest BCUT2D eigenvalue weighted by Gasteiger charge is -2.30. The number of piperidine rings is 1. The molecule has 0 N–H and O–H groups in total. The Morgan fingerprint density at radius 3 is 2.71 bits per heavy atom. The molecule has 1 fully saturated rings. The Hall–Kier alpha value is -1.88. The van der Waals surface area contributed by atoms with Crippen molar-refractivity contribution >= 4 is 17.2 Å². The number of rotatable bonds is 5. The lowest BCUT2D eigenvalue weighted by atomic mass is 9.99. The highest BCUT2D eigenvalue weighted by atomic mass is 32.1. The van der Waals surface area contributed by atoms with Crippen LogP contribution in [0.15, 0.2) is 30.3 Å². The second-order valence-corrected chi connectivity index (χ2v) is 7.63. The van der Waals surface area contributed by atoms with Gasteiger partial charge in [0.25, 0.3) is 0 Å². The predicted molar refractivity (Wildman–Crippen MR) is 96.3 cm³/mol. The highest BCUT2D eigenvalue weighted by Crippen LogP contribution is 2.23. The minimum Gasteiger partial charge on any atom is -0.486 e. The average Bonchev–Trinajstić information content (AvgIpc) is 2.94. The number of carbonyl (C=O) groups excluding carboxylic acids is 1. The minimum atomic E-state index is 0.226. The molecular weight excluding hydrogens is 320 g/mol. The molecule has 3 rings (SSSR count). The molecule has 1 aromatic heterocycles. The maximum atomic E-state index is 12.5. The Labute approximate surface area is 147 Å². The smallest absolute Gasteiger partial charge is 0.227 e. The average molecular weight is 344 g/mol. The largest absolute Gasteiger partial charge is 0.486 e. The number of para-hydroxylation sites is 1. The van der Waals surface area contributed by atoms with Crippen molar-refractivity contribution in [3.63, 3.8) is 0 Å². The van der Waals surface area contributed by atoms with E-state index in [-0.39, 0.29) is 5.91 Å². The Balaban J connectivity index is 1.56. The van der Waals surface area contributed by atoms with E-state index in [9.17, 15) is 4.79 Å². The molecule has 0 aliphatic carbocycles. The van der Waals surface area contributed by atoms with Crippen LogP contribution >= 0.6 is 11.3 Å². The monoisotopic (exact) mass is 344 g/mol. The van der Waals surface area contributed by atoms with Gasteiger partial charge in [0.2, 0.25) is 5.91 Å². The summed E-state index contributed by atoms with van der Waals surface area (Å²) in [6, 6.07) is 9.73. The van der Waals surface area contributed by atoms with Crippen molar-refractivity contribution in [1.29, 1.82) is 0 Å². The van der Waals surface area contributed by atoms with Crippen molar-refractivity contribution in [2.24, 2.45) is 5.92 Å². The normalized spacial score (nSPS) is 15.5. The first-order valence-electron chi connectivity index (χ1n) is 8.52. The Morgan fingerprint density at radius 2 is 2.00 bits per heavy atom. The molecule has 0 radical (unpaired) electrons. The zero-order valence-corrected chi connectivity index (χ0v) is 15.1. The second-order valence-electron chi connectivity index (χ2n) is 6.46. The molecule has 0 atom stereocenters. The first-order chi connectivity index (χ1) is 11.6. The number of aromatic nitrogens is 1. The van der Waals surface area contributed by atoms with Gasteiger partial charge in [-0.1, -0.05) is 25.1 Å². The predicted octanol–water partition coefficient (Wildman–Crippen LogP) is 3.83. The van der Waals surface area contributed by atoms with Gasteiger partial charge in [-0.3, -0.25) is 4.79 Å². The van der Waals surface area contributed by atoms with E-state index in [1.54, 1.807) is 11.3 Å². The number of ether oxygens (including phenoxy) is 1. The molecule has 1 aromatic carbocycles. The molecular formula is C19H24N2O2S. The number of amides is 1. The molecule has 0 bridgehead atoms. The Kier molecular flexibility index (Phi) is 5.51. The lowest BCUT2D eigenvalue weighted by molar-refractivity contribution is -0.131. The van der Waals surface area contributed by atoms with Crippen LogP contribution in [0.4, 0.5) is 0 Å². The maximum Gasteiger partial charge on any atom is 0.227 e. The molecule has 1 aliphatic heterocycles.